The van der Waals surface area contributed by atoms with Crippen molar-refractivity contribution in [3.63, 3.8) is 0 Å². The summed E-state index contributed by atoms with van der Waals surface area (Å²) in [4.78, 5) is 0. The molecule has 1 aliphatic rings. The molecule has 0 spiro atoms. The molecule has 1 aliphatic carbocycles. The van der Waals surface area contributed by atoms with Crippen molar-refractivity contribution in [2.45, 2.75) is 12.8 Å². The molecular formula is C7H12N. The van der Waals surface area contributed by atoms with Crippen molar-refractivity contribution >= 4 is 0 Å². The van der Waals surface area contributed by atoms with Gasteiger partial charge in [0.25, 0.3) is 0 Å². The summed E-state index contributed by atoms with van der Waals surface area (Å²) < 4.78 is 0. The normalized spacial score (nSPS) is 18.5. The van der Waals surface area contributed by atoms with Gasteiger partial charge in [0, 0.05) is 6.54 Å². The highest BCUT2D eigenvalue weighted by atomic mass is 14.9. The van der Waals surface area contributed by atoms with Gasteiger partial charge in [-0.25, -0.2) is 0 Å². The zero-order valence-corrected chi connectivity index (χ0v) is 5.06. The fraction of sp³-hybridized carbons (Fsp3) is 0.571. The van der Waals surface area contributed by atoms with Gasteiger partial charge in [0.1, 0.15) is 0 Å². The summed E-state index contributed by atoms with van der Waals surface area (Å²) in [6.45, 7) is 6.61. The molecule has 0 amide bonds. The first kappa shape index (κ1) is 5.83. The molecule has 1 nitrogen and oxygen atoms in total. The van der Waals surface area contributed by atoms with Gasteiger partial charge < -0.3 is 5.32 Å². The van der Waals surface area contributed by atoms with Crippen LogP contribution in [0.1, 0.15) is 12.8 Å². The van der Waals surface area contributed by atoms with E-state index in [1.165, 1.54) is 12.8 Å². The van der Waals surface area contributed by atoms with E-state index in [0.29, 0.717) is 0 Å². The monoisotopic (exact) mass is 110 g/mol. The van der Waals surface area contributed by atoms with E-state index in [1.807, 2.05) is 6.54 Å². The topological polar surface area (TPSA) is 12.0 Å². The Morgan fingerprint density at radius 1 is 1.62 bits per heavy atom. The Kier molecular flexibility index (Phi) is 2.10. The predicted molar refractivity (Wildman–Crippen MR) is 35.2 cm³/mol. The van der Waals surface area contributed by atoms with Crippen molar-refractivity contribution in [1.82, 2.24) is 5.32 Å². The molecule has 8 heavy (non-hydrogen) atoms. The van der Waals surface area contributed by atoms with E-state index >= 15 is 0 Å². The first-order chi connectivity index (χ1) is 3.93. The van der Waals surface area contributed by atoms with Gasteiger partial charge in [-0.05, 0) is 25.3 Å². The molecule has 1 fully saturated rings. The Labute approximate surface area is 50.8 Å². The zero-order chi connectivity index (χ0) is 5.82. The molecule has 0 bridgehead atoms. The van der Waals surface area contributed by atoms with E-state index in [0.717, 1.165) is 12.5 Å². The largest absolute Gasteiger partial charge is 0.309 e. The van der Waals surface area contributed by atoms with Crippen LogP contribution in [0.25, 0.3) is 0 Å². The van der Waals surface area contributed by atoms with Gasteiger partial charge >= 0.3 is 0 Å². The first-order valence-corrected chi connectivity index (χ1v) is 3.11. The Bertz CT molecular complexity index is 74.5. The molecular weight excluding hydrogens is 98.1 g/mol. The molecule has 0 heterocycles. The van der Waals surface area contributed by atoms with Gasteiger partial charge in [-0.2, -0.15) is 0 Å². The molecule has 0 aromatic heterocycles. The highest BCUT2D eigenvalue weighted by Crippen LogP contribution is 2.27. The smallest absolute Gasteiger partial charge is 0.0439 e. The van der Waals surface area contributed by atoms with Crippen LogP contribution in [0.3, 0.4) is 0 Å². The third-order valence-corrected chi connectivity index (χ3v) is 1.34. The fourth-order valence-electron chi connectivity index (χ4n) is 0.640. The molecule has 45 valence electrons. The molecule has 0 aliphatic heterocycles. The van der Waals surface area contributed by atoms with Crippen molar-refractivity contribution in [1.29, 1.82) is 0 Å². The molecule has 1 N–H and O–H groups in total. The van der Waals surface area contributed by atoms with Crippen LogP contribution in [0.5, 0.6) is 0 Å². The molecule has 0 saturated heterocycles. The molecule has 0 aromatic carbocycles. The summed E-state index contributed by atoms with van der Waals surface area (Å²) in [6, 6.07) is 0. The maximum atomic E-state index is 3.56. The molecule has 1 radical (unpaired) electrons. The second kappa shape index (κ2) is 2.88. The van der Waals surface area contributed by atoms with Gasteiger partial charge in [0.2, 0.25) is 0 Å². The minimum atomic E-state index is 0.964. The summed E-state index contributed by atoms with van der Waals surface area (Å²) >= 11 is 0. The fourth-order valence-corrected chi connectivity index (χ4v) is 0.640. The summed E-state index contributed by atoms with van der Waals surface area (Å²) in [5.74, 6) is 0.964. The van der Waals surface area contributed by atoms with Crippen LogP contribution in [0.15, 0.2) is 12.7 Å². The minimum Gasteiger partial charge on any atom is -0.309 e. The van der Waals surface area contributed by atoms with E-state index in [2.05, 4.69) is 11.9 Å². The van der Waals surface area contributed by atoms with Crippen molar-refractivity contribution in [2.75, 3.05) is 6.54 Å². The van der Waals surface area contributed by atoms with Gasteiger partial charge in [0.15, 0.2) is 0 Å². The predicted octanol–water partition coefficient (Wildman–Crippen LogP) is 1.33. The highest BCUT2D eigenvalue weighted by Gasteiger charge is 2.19. The summed E-state index contributed by atoms with van der Waals surface area (Å²) in [5.41, 5.74) is 0. The standard InChI is InChI=1S/C7H12N/c1-2-5-8-6-7-3-4-7/h2,5,7-8H,1,3-4,6H2. The van der Waals surface area contributed by atoms with Gasteiger partial charge in [-0.3, -0.25) is 0 Å². The van der Waals surface area contributed by atoms with Crippen LogP contribution >= 0.6 is 0 Å². The van der Waals surface area contributed by atoms with Crippen LogP contribution < -0.4 is 5.32 Å². The quantitative estimate of drug-likeness (QED) is 0.538. The third kappa shape index (κ3) is 2.12. The van der Waals surface area contributed by atoms with Gasteiger partial charge in [-0.15, -0.1) is 6.58 Å². The Morgan fingerprint density at radius 2 is 2.38 bits per heavy atom. The number of hydrogen-bond donors (Lipinski definition) is 1. The minimum absolute atomic E-state index is 0.964. The van der Waals surface area contributed by atoms with Crippen LogP contribution in [-0.4, -0.2) is 6.54 Å². The second-order valence-electron chi connectivity index (χ2n) is 2.25. The average molecular weight is 110 g/mol. The lowest BCUT2D eigenvalue weighted by Gasteiger charge is -1.94. The third-order valence-electron chi connectivity index (χ3n) is 1.34. The van der Waals surface area contributed by atoms with Gasteiger partial charge in [0.05, 0.1) is 0 Å². The Hall–Kier alpha value is -0.300. The van der Waals surface area contributed by atoms with Crippen molar-refractivity contribution in [3.8, 4) is 0 Å². The average Bonchev–Trinajstić information content (AvgIpc) is 2.51. The van der Waals surface area contributed by atoms with Gasteiger partial charge in [-0.1, -0.05) is 6.08 Å². The zero-order valence-electron chi connectivity index (χ0n) is 5.06. The van der Waals surface area contributed by atoms with Crippen LogP contribution in [0, 0.1) is 12.5 Å². The van der Waals surface area contributed by atoms with Crippen molar-refractivity contribution in [3.05, 3.63) is 19.2 Å². The van der Waals surface area contributed by atoms with E-state index < -0.39 is 0 Å². The summed E-state index contributed by atoms with van der Waals surface area (Å²) in [7, 11) is 0. The van der Waals surface area contributed by atoms with Crippen LogP contribution in [0.4, 0.5) is 0 Å². The molecule has 0 atom stereocenters. The van der Waals surface area contributed by atoms with Crippen LogP contribution in [0.2, 0.25) is 0 Å². The Balaban J connectivity index is 1.80. The lowest BCUT2D eigenvalue weighted by molar-refractivity contribution is 0.724. The molecule has 1 heteroatoms. The summed E-state index contributed by atoms with van der Waals surface area (Å²) in [5, 5.41) is 3.15. The molecule has 1 rings (SSSR count). The Morgan fingerprint density at radius 3 is 2.88 bits per heavy atom. The lowest BCUT2D eigenvalue weighted by Crippen LogP contribution is -2.11. The van der Waals surface area contributed by atoms with E-state index in [4.69, 9.17) is 0 Å². The molecule has 0 aromatic rings. The van der Waals surface area contributed by atoms with E-state index in [-0.39, 0.29) is 0 Å². The van der Waals surface area contributed by atoms with Crippen molar-refractivity contribution in [2.24, 2.45) is 5.92 Å². The molecule has 1 saturated carbocycles. The lowest BCUT2D eigenvalue weighted by atomic mass is 10.4. The van der Waals surface area contributed by atoms with E-state index in [1.54, 1.807) is 6.08 Å². The summed E-state index contributed by atoms with van der Waals surface area (Å²) in [6.07, 6.45) is 4.61. The second-order valence-corrected chi connectivity index (χ2v) is 2.25. The van der Waals surface area contributed by atoms with Crippen molar-refractivity contribution < 1.29 is 0 Å². The number of hydrogen-bond acceptors (Lipinski definition) is 1. The first-order valence-electron chi connectivity index (χ1n) is 3.11. The maximum Gasteiger partial charge on any atom is 0.0439 e. The molecule has 0 unspecified atom stereocenters. The van der Waals surface area contributed by atoms with E-state index in [9.17, 15) is 0 Å². The highest BCUT2D eigenvalue weighted by molar-refractivity contribution is 4.86. The number of rotatable bonds is 4. The SMILES string of the molecule is C=C[CH]NCC1CC1. The maximum absolute atomic E-state index is 3.56. The number of nitrogens with one attached hydrogen (secondary N) is 1. The van der Waals surface area contributed by atoms with Crippen LogP contribution in [-0.2, 0) is 0 Å².